The highest BCUT2D eigenvalue weighted by atomic mass is 35.5. The summed E-state index contributed by atoms with van der Waals surface area (Å²) in [6.07, 6.45) is 1.75. The van der Waals surface area contributed by atoms with E-state index in [9.17, 15) is 4.79 Å². The summed E-state index contributed by atoms with van der Waals surface area (Å²) in [4.78, 5) is 12.3. The van der Waals surface area contributed by atoms with Gasteiger partial charge in [-0.05, 0) is 30.3 Å². The van der Waals surface area contributed by atoms with Gasteiger partial charge < -0.3 is 14.8 Å². The third-order valence-electron chi connectivity index (χ3n) is 4.15. The highest BCUT2D eigenvalue weighted by Crippen LogP contribution is 2.33. The van der Waals surface area contributed by atoms with Crippen LogP contribution in [0.25, 0.3) is 11.4 Å². The number of benzene rings is 2. The molecular weight excluding hydrogens is 424 g/mol. The fourth-order valence-electron chi connectivity index (χ4n) is 2.76. The Morgan fingerprint density at radius 2 is 1.97 bits per heavy atom. The number of nitrogens with zero attached hydrogens (tertiary/aromatic N) is 3. The van der Waals surface area contributed by atoms with E-state index in [4.69, 9.17) is 21.1 Å². The number of allylic oxidation sites excluding steroid dienone is 1. The van der Waals surface area contributed by atoms with Crippen LogP contribution in [0.15, 0.2) is 60.3 Å². The lowest BCUT2D eigenvalue weighted by Crippen LogP contribution is -2.15. The van der Waals surface area contributed by atoms with Crippen molar-refractivity contribution in [3.63, 3.8) is 0 Å². The highest BCUT2D eigenvalue weighted by molar-refractivity contribution is 7.99. The Balaban J connectivity index is 1.78. The summed E-state index contributed by atoms with van der Waals surface area (Å²) < 4.78 is 12.6. The minimum absolute atomic E-state index is 0.159. The maximum Gasteiger partial charge on any atom is 0.234 e. The molecule has 0 aliphatic heterocycles. The van der Waals surface area contributed by atoms with Gasteiger partial charge in [0.25, 0.3) is 0 Å². The van der Waals surface area contributed by atoms with Crippen LogP contribution >= 0.6 is 23.4 Å². The van der Waals surface area contributed by atoms with Gasteiger partial charge in [0.2, 0.25) is 5.91 Å². The number of methoxy groups -OCH3 is 2. The third-order valence-corrected chi connectivity index (χ3v) is 5.45. The van der Waals surface area contributed by atoms with Gasteiger partial charge in [-0.3, -0.25) is 9.36 Å². The molecule has 156 valence electrons. The van der Waals surface area contributed by atoms with Crippen molar-refractivity contribution in [3.8, 4) is 22.9 Å². The summed E-state index contributed by atoms with van der Waals surface area (Å²) in [6.45, 7) is 4.30. The van der Waals surface area contributed by atoms with Crippen LogP contribution in [0.3, 0.4) is 0 Å². The first-order chi connectivity index (χ1) is 14.6. The van der Waals surface area contributed by atoms with E-state index in [1.54, 1.807) is 38.5 Å². The number of para-hydroxylation sites is 1. The summed E-state index contributed by atoms with van der Waals surface area (Å²) in [6, 6.07) is 12.6. The summed E-state index contributed by atoms with van der Waals surface area (Å²) >= 11 is 7.38. The number of aromatic nitrogens is 3. The van der Waals surface area contributed by atoms with E-state index in [2.05, 4.69) is 22.1 Å². The first-order valence-corrected chi connectivity index (χ1v) is 10.4. The lowest BCUT2D eigenvalue weighted by molar-refractivity contribution is -0.113. The van der Waals surface area contributed by atoms with E-state index in [-0.39, 0.29) is 11.7 Å². The molecule has 1 aromatic heterocycles. The number of hydrogen-bond acceptors (Lipinski definition) is 6. The fraction of sp³-hybridized carbons (Fsp3) is 0.190. The van der Waals surface area contributed by atoms with E-state index in [1.165, 1.54) is 11.8 Å². The summed E-state index contributed by atoms with van der Waals surface area (Å²) in [5.41, 5.74) is 1.39. The molecule has 30 heavy (non-hydrogen) atoms. The van der Waals surface area contributed by atoms with Crippen molar-refractivity contribution in [2.45, 2.75) is 11.7 Å². The van der Waals surface area contributed by atoms with Crippen LogP contribution in [0.2, 0.25) is 5.02 Å². The minimum atomic E-state index is -0.186. The lowest BCUT2D eigenvalue weighted by Gasteiger charge is -2.11. The molecule has 0 aliphatic carbocycles. The van der Waals surface area contributed by atoms with Crippen molar-refractivity contribution in [1.29, 1.82) is 0 Å². The first-order valence-electron chi connectivity index (χ1n) is 9.01. The predicted octanol–water partition coefficient (Wildman–Crippen LogP) is 4.53. The number of thioether (sulfide) groups is 1. The third kappa shape index (κ3) is 4.95. The number of rotatable bonds is 9. The monoisotopic (exact) mass is 444 g/mol. The molecule has 9 heteroatoms. The van der Waals surface area contributed by atoms with Crippen molar-refractivity contribution in [3.05, 3.63) is 60.1 Å². The standard InChI is InChI=1S/C21H21ClN4O3S/c1-4-11-26-20(14-9-10-17(28-2)18(12-14)29-3)24-25-21(26)30-13-19(27)23-16-8-6-5-7-15(16)22/h4-10,12H,1,11,13H2,2-3H3,(H,23,27). The average molecular weight is 445 g/mol. The first kappa shape index (κ1) is 21.7. The Kier molecular flexibility index (Phi) is 7.37. The van der Waals surface area contributed by atoms with E-state index >= 15 is 0 Å². The second-order valence-corrected chi connectivity index (χ2v) is 7.44. The van der Waals surface area contributed by atoms with Crippen molar-refractivity contribution >= 4 is 35.0 Å². The zero-order chi connectivity index (χ0) is 21.5. The van der Waals surface area contributed by atoms with Gasteiger partial charge in [-0.1, -0.05) is 41.6 Å². The quantitative estimate of drug-likeness (QED) is 0.386. The predicted molar refractivity (Wildman–Crippen MR) is 120 cm³/mol. The molecule has 0 fully saturated rings. The number of hydrogen-bond donors (Lipinski definition) is 1. The van der Waals surface area contributed by atoms with Crippen LogP contribution < -0.4 is 14.8 Å². The van der Waals surface area contributed by atoms with Crippen LogP contribution in [0.5, 0.6) is 11.5 Å². The molecule has 2 aromatic carbocycles. The number of amides is 1. The largest absolute Gasteiger partial charge is 0.493 e. The van der Waals surface area contributed by atoms with Crippen molar-refractivity contribution < 1.29 is 14.3 Å². The van der Waals surface area contributed by atoms with Gasteiger partial charge in [0.15, 0.2) is 22.5 Å². The van der Waals surface area contributed by atoms with Crippen molar-refractivity contribution in [1.82, 2.24) is 14.8 Å². The molecule has 0 unspecified atom stereocenters. The second kappa shape index (κ2) is 10.2. The number of halogens is 1. The molecule has 0 atom stereocenters. The summed E-state index contributed by atoms with van der Waals surface area (Å²) in [5.74, 6) is 1.84. The van der Waals surface area contributed by atoms with Crippen LogP contribution in [0, 0.1) is 0 Å². The van der Waals surface area contributed by atoms with Crippen LogP contribution in [-0.4, -0.2) is 40.6 Å². The van der Waals surface area contributed by atoms with Gasteiger partial charge in [-0.2, -0.15) is 0 Å². The van der Waals surface area contributed by atoms with Crippen LogP contribution in [0.4, 0.5) is 5.69 Å². The Hall–Kier alpha value is -2.97. The second-order valence-electron chi connectivity index (χ2n) is 6.09. The van der Waals surface area contributed by atoms with Crippen molar-refractivity contribution in [2.24, 2.45) is 0 Å². The van der Waals surface area contributed by atoms with Gasteiger partial charge in [0.1, 0.15) is 0 Å². The Morgan fingerprint density at radius 3 is 2.67 bits per heavy atom. The molecule has 0 saturated carbocycles. The molecule has 7 nitrogen and oxygen atoms in total. The number of anilines is 1. The summed E-state index contributed by atoms with van der Waals surface area (Å²) in [7, 11) is 3.16. The molecular formula is C21H21ClN4O3S. The van der Waals surface area contributed by atoms with Crippen LogP contribution in [0.1, 0.15) is 0 Å². The molecule has 3 rings (SSSR count). The topological polar surface area (TPSA) is 78.3 Å². The minimum Gasteiger partial charge on any atom is -0.493 e. The van der Waals surface area contributed by atoms with Gasteiger partial charge in [-0.15, -0.1) is 16.8 Å². The molecule has 1 heterocycles. The molecule has 0 spiro atoms. The Morgan fingerprint density at radius 1 is 1.20 bits per heavy atom. The maximum atomic E-state index is 12.3. The molecule has 0 aliphatic rings. The van der Waals surface area contributed by atoms with E-state index in [0.717, 1.165) is 5.56 Å². The van der Waals surface area contributed by atoms with Gasteiger partial charge in [0, 0.05) is 12.1 Å². The van der Waals surface area contributed by atoms with Crippen LogP contribution in [-0.2, 0) is 11.3 Å². The smallest absolute Gasteiger partial charge is 0.234 e. The molecule has 1 N–H and O–H groups in total. The number of nitrogens with one attached hydrogen (secondary N) is 1. The zero-order valence-electron chi connectivity index (χ0n) is 16.6. The van der Waals surface area contributed by atoms with Gasteiger partial charge in [-0.25, -0.2) is 0 Å². The van der Waals surface area contributed by atoms with E-state index in [1.807, 2.05) is 28.8 Å². The van der Waals surface area contributed by atoms with Gasteiger partial charge >= 0.3 is 0 Å². The normalized spacial score (nSPS) is 10.5. The molecule has 3 aromatic rings. The molecule has 0 bridgehead atoms. The molecule has 1 amide bonds. The Labute approximate surface area is 184 Å². The number of carbonyl (C=O) groups excluding carboxylic acids is 1. The Bertz CT molecular complexity index is 1050. The maximum absolute atomic E-state index is 12.3. The van der Waals surface area contributed by atoms with E-state index in [0.29, 0.717) is 39.7 Å². The highest BCUT2D eigenvalue weighted by Gasteiger charge is 2.17. The zero-order valence-corrected chi connectivity index (χ0v) is 18.2. The van der Waals surface area contributed by atoms with Crippen molar-refractivity contribution in [2.75, 3.05) is 25.3 Å². The number of ether oxygens (including phenoxy) is 2. The SMILES string of the molecule is C=CCn1c(SCC(=O)Nc2ccccc2Cl)nnc1-c1ccc(OC)c(OC)c1. The molecule has 0 radical (unpaired) electrons. The average Bonchev–Trinajstić information content (AvgIpc) is 3.16. The summed E-state index contributed by atoms with van der Waals surface area (Å²) in [5, 5.41) is 12.5. The lowest BCUT2D eigenvalue weighted by atomic mass is 10.2. The van der Waals surface area contributed by atoms with Gasteiger partial charge in [0.05, 0.1) is 30.7 Å². The number of carbonyl (C=O) groups is 1. The molecule has 0 saturated heterocycles. The fourth-order valence-corrected chi connectivity index (χ4v) is 3.69. The van der Waals surface area contributed by atoms with E-state index < -0.39 is 0 Å².